The third kappa shape index (κ3) is 9.85. The number of benzene rings is 4. The van der Waals surface area contributed by atoms with Gasteiger partial charge in [0.15, 0.2) is 0 Å². The molecule has 4 aromatic carbocycles. The maximum absolute atomic E-state index is 13.1. The van der Waals surface area contributed by atoms with Gasteiger partial charge in [-0.2, -0.15) is 0 Å². The molecular formula is C48H56N4O8. The zero-order valence-electron chi connectivity index (χ0n) is 35.0. The Morgan fingerprint density at radius 1 is 0.583 bits per heavy atom. The number of piperazine rings is 1. The smallest absolute Gasteiger partial charge is 0.340 e. The van der Waals surface area contributed by atoms with Gasteiger partial charge < -0.3 is 38.3 Å². The van der Waals surface area contributed by atoms with Gasteiger partial charge >= 0.3 is 11.9 Å². The van der Waals surface area contributed by atoms with Crippen LogP contribution in [0, 0.1) is 13.8 Å². The average molecular weight is 817 g/mol. The van der Waals surface area contributed by atoms with E-state index in [1.54, 1.807) is 13.8 Å². The second-order valence-electron chi connectivity index (χ2n) is 15.4. The molecule has 6 aromatic rings. The fourth-order valence-electron chi connectivity index (χ4n) is 8.20. The van der Waals surface area contributed by atoms with E-state index in [1.165, 1.54) is 0 Å². The molecule has 0 radical (unpaired) electrons. The highest BCUT2D eigenvalue weighted by atomic mass is 16.5. The number of aromatic nitrogens is 2. The number of carbonyl (C=O) groups excluding carboxylic acids is 2. The predicted octanol–water partition coefficient (Wildman–Crippen LogP) is 6.46. The summed E-state index contributed by atoms with van der Waals surface area (Å²) in [6.45, 7) is 13.3. The summed E-state index contributed by atoms with van der Waals surface area (Å²) in [5.74, 6) is 0.404. The molecule has 12 nitrogen and oxygen atoms in total. The van der Waals surface area contributed by atoms with E-state index in [4.69, 9.17) is 18.9 Å². The molecule has 0 saturated carbocycles. The summed E-state index contributed by atoms with van der Waals surface area (Å²) >= 11 is 0. The Labute approximate surface area is 351 Å². The molecule has 12 heteroatoms. The van der Waals surface area contributed by atoms with Crippen LogP contribution in [-0.4, -0.2) is 119 Å². The van der Waals surface area contributed by atoms with Gasteiger partial charge in [0, 0.05) is 85.6 Å². The molecular weight excluding hydrogens is 761 g/mol. The highest BCUT2D eigenvalue weighted by Crippen LogP contribution is 2.33. The van der Waals surface area contributed by atoms with Gasteiger partial charge in [-0.15, -0.1) is 0 Å². The molecule has 1 aliphatic heterocycles. The monoisotopic (exact) mass is 816 g/mol. The van der Waals surface area contributed by atoms with E-state index in [9.17, 15) is 19.8 Å². The molecule has 3 heterocycles. The minimum Gasteiger partial charge on any atom is -0.491 e. The van der Waals surface area contributed by atoms with Crippen molar-refractivity contribution in [3.05, 3.63) is 131 Å². The van der Waals surface area contributed by atoms with Crippen LogP contribution < -0.4 is 9.47 Å². The Hall–Kier alpha value is -5.66. The summed E-state index contributed by atoms with van der Waals surface area (Å²) < 4.78 is 27.3. The molecule has 0 aliphatic carbocycles. The average Bonchev–Trinajstić information content (AvgIpc) is 3.68. The first-order valence-electron chi connectivity index (χ1n) is 20.9. The van der Waals surface area contributed by atoms with Gasteiger partial charge in [-0.25, -0.2) is 9.59 Å². The van der Waals surface area contributed by atoms with E-state index in [2.05, 4.69) is 43.2 Å². The fourth-order valence-corrected chi connectivity index (χ4v) is 8.20. The molecule has 316 valence electrons. The lowest BCUT2D eigenvalue weighted by Crippen LogP contribution is -2.51. The third-order valence-corrected chi connectivity index (χ3v) is 11.2. The van der Waals surface area contributed by atoms with Crippen LogP contribution >= 0.6 is 0 Å². The van der Waals surface area contributed by atoms with Crippen molar-refractivity contribution in [3.8, 4) is 11.5 Å². The number of carbonyl (C=O) groups is 2. The number of esters is 2. The van der Waals surface area contributed by atoms with Gasteiger partial charge in [0.1, 0.15) is 36.9 Å². The number of aliphatic hydroxyl groups is 2. The molecule has 0 bridgehead atoms. The number of fused-ring (bicyclic) bond motifs is 2. The van der Waals surface area contributed by atoms with E-state index < -0.39 is 12.2 Å². The van der Waals surface area contributed by atoms with Crippen LogP contribution in [0.2, 0.25) is 0 Å². The maximum Gasteiger partial charge on any atom is 0.340 e. The molecule has 1 fully saturated rings. The van der Waals surface area contributed by atoms with Crippen molar-refractivity contribution in [3.63, 3.8) is 0 Å². The lowest BCUT2D eigenvalue weighted by atomic mass is 10.1. The third-order valence-electron chi connectivity index (χ3n) is 11.2. The molecule has 2 atom stereocenters. The first kappa shape index (κ1) is 42.5. The zero-order valence-corrected chi connectivity index (χ0v) is 35.0. The van der Waals surface area contributed by atoms with Gasteiger partial charge in [-0.1, -0.05) is 60.7 Å². The van der Waals surface area contributed by atoms with Crippen molar-refractivity contribution in [1.29, 1.82) is 0 Å². The van der Waals surface area contributed by atoms with Crippen molar-refractivity contribution in [2.75, 3.05) is 65.7 Å². The molecule has 1 saturated heterocycles. The van der Waals surface area contributed by atoms with Gasteiger partial charge in [0.25, 0.3) is 0 Å². The number of hydrogen-bond acceptors (Lipinski definition) is 10. The minimum absolute atomic E-state index is 0.102. The lowest BCUT2D eigenvalue weighted by molar-refractivity contribution is 0.0241. The number of nitrogens with zero attached hydrogens (tertiary/aromatic N) is 4. The SMILES string of the molecule is CCOC(=O)c1c(C)n(Cc2ccccc2)c2ccc(OC[C@@H](O)CN3CCN(C[C@@H](O)COc4ccc5c(c4)c(C(=O)OCC)c(C)n5Cc4ccccc4)CC3)cc12. The second-order valence-corrected chi connectivity index (χ2v) is 15.4. The number of rotatable bonds is 18. The highest BCUT2D eigenvalue weighted by molar-refractivity contribution is 6.07. The molecule has 0 unspecified atom stereocenters. The van der Waals surface area contributed by atoms with Crippen LogP contribution in [0.25, 0.3) is 21.8 Å². The van der Waals surface area contributed by atoms with Crippen molar-refractivity contribution < 1.29 is 38.7 Å². The van der Waals surface area contributed by atoms with Gasteiger partial charge in [0.05, 0.1) is 24.3 Å². The maximum atomic E-state index is 13.1. The summed E-state index contributed by atoms with van der Waals surface area (Å²) in [7, 11) is 0. The van der Waals surface area contributed by atoms with Crippen molar-refractivity contribution in [2.45, 2.75) is 53.0 Å². The van der Waals surface area contributed by atoms with Crippen molar-refractivity contribution in [1.82, 2.24) is 18.9 Å². The van der Waals surface area contributed by atoms with E-state index in [1.807, 2.05) is 86.6 Å². The Bertz CT molecular complexity index is 2220. The van der Waals surface area contributed by atoms with Crippen LogP contribution in [0.4, 0.5) is 0 Å². The molecule has 1 aliphatic rings. The topological polar surface area (TPSA) is 128 Å². The Morgan fingerprint density at radius 3 is 1.33 bits per heavy atom. The first-order valence-corrected chi connectivity index (χ1v) is 20.9. The van der Waals surface area contributed by atoms with Crippen LogP contribution in [0.15, 0.2) is 97.1 Å². The van der Waals surface area contributed by atoms with E-state index >= 15 is 0 Å². The minimum atomic E-state index is -0.721. The highest BCUT2D eigenvalue weighted by Gasteiger charge is 2.25. The van der Waals surface area contributed by atoms with E-state index in [0.717, 1.165) is 70.5 Å². The largest absolute Gasteiger partial charge is 0.491 e. The molecule has 60 heavy (non-hydrogen) atoms. The Balaban J connectivity index is 0.900. The molecule has 7 rings (SSSR count). The van der Waals surface area contributed by atoms with Crippen molar-refractivity contribution in [2.24, 2.45) is 0 Å². The number of ether oxygens (including phenoxy) is 4. The Morgan fingerprint density at radius 2 is 0.967 bits per heavy atom. The normalized spacial score (nSPS) is 14.6. The van der Waals surface area contributed by atoms with Crippen LogP contribution in [0.1, 0.15) is 57.1 Å². The lowest BCUT2D eigenvalue weighted by Gasteiger charge is -2.36. The summed E-state index contributed by atoms with van der Waals surface area (Å²) in [5.41, 5.74) is 6.77. The second kappa shape index (κ2) is 19.6. The first-order chi connectivity index (χ1) is 29.1. The quantitative estimate of drug-likeness (QED) is 0.0934. The summed E-state index contributed by atoms with van der Waals surface area (Å²) in [6, 6.07) is 31.6. The van der Waals surface area contributed by atoms with Crippen molar-refractivity contribution >= 4 is 33.7 Å². The van der Waals surface area contributed by atoms with Crippen LogP contribution in [0.5, 0.6) is 11.5 Å². The zero-order chi connectivity index (χ0) is 42.2. The number of aliphatic hydroxyl groups excluding tert-OH is 2. The number of β-amino-alcohol motifs (C(OH)–C–C–N with tert-alkyl or cyclic N) is 2. The van der Waals surface area contributed by atoms with Crippen LogP contribution in [0.3, 0.4) is 0 Å². The van der Waals surface area contributed by atoms with E-state index in [0.29, 0.717) is 48.8 Å². The summed E-state index contributed by atoms with van der Waals surface area (Å²) in [5, 5.41) is 23.5. The molecule has 0 amide bonds. The van der Waals surface area contributed by atoms with Gasteiger partial charge in [-0.3, -0.25) is 9.80 Å². The standard InChI is InChI=1S/C48H56N4O8/c1-5-57-47(55)45-33(3)51(27-35-13-9-7-10-14-35)43-19-17-39(25-41(43)45)59-31-37(53)29-49-21-23-50(24-22-49)30-38(54)32-60-40-18-20-44-42(26-40)46(48(56)58-6-2)34(4)52(44)28-36-15-11-8-12-16-36/h7-20,25-26,37-38,53-54H,5-6,21-24,27-32H2,1-4H3/t37-,38+. The molecule has 2 aromatic heterocycles. The summed E-state index contributed by atoms with van der Waals surface area (Å²) in [6.07, 6.45) is -1.44. The van der Waals surface area contributed by atoms with Crippen LogP contribution in [-0.2, 0) is 22.6 Å². The van der Waals surface area contributed by atoms with Gasteiger partial charge in [0.2, 0.25) is 0 Å². The Kier molecular flexibility index (Phi) is 13.9. The van der Waals surface area contributed by atoms with Gasteiger partial charge in [-0.05, 0) is 75.2 Å². The summed E-state index contributed by atoms with van der Waals surface area (Å²) in [4.78, 5) is 30.6. The number of hydrogen-bond donors (Lipinski definition) is 2. The predicted molar refractivity (Wildman–Crippen MR) is 232 cm³/mol. The molecule has 2 N–H and O–H groups in total. The van der Waals surface area contributed by atoms with E-state index in [-0.39, 0.29) is 38.4 Å². The molecule has 0 spiro atoms. The fraction of sp³-hybridized carbons (Fsp3) is 0.375.